The molecular formula is C31H34Cl2N2O2. The second-order valence-electron chi connectivity index (χ2n) is 9.70. The molecule has 194 valence electrons. The lowest BCUT2D eigenvalue weighted by molar-refractivity contribution is -0.132. The third-order valence-electron chi connectivity index (χ3n) is 7.09. The molecule has 3 aromatic carbocycles. The van der Waals surface area contributed by atoms with E-state index in [1.807, 2.05) is 58.3 Å². The Morgan fingerprint density at radius 2 is 1.43 bits per heavy atom. The molecule has 37 heavy (non-hydrogen) atoms. The lowest BCUT2D eigenvalue weighted by atomic mass is 9.93. The molecule has 1 saturated carbocycles. The molecule has 4 nitrogen and oxygen atoms in total. The largest absolute Gasteiger partial charge is 0.338 e. The molecule has 3 aromatic rings. The van der Waals surface area contributed by atoms with Gasteiger partial charge < -0.3 is 9.80 Å². The van der Waals surface area contributed by atoms with Gasteiger partial charge in [-0.3, -0.25) is 9.59 Å². The van der Waals surface area contributed by atoms with Crippen LogP contribution < -0.4 is 0 Å². The predicted molar refractivity (Wildman–Crippen MR) is 151 cm³/mol. The predicted octanol–water partition coefficient (Wildman–Crippen LogP) is 7.43. The summed E-state index contributed by atoms with van der Waals surface area (Å²) < 4.78 is 0. The SMILES string of the molecule is O=C(CCN(C(=O)c1ccc(Cl)cc1Cl)C1CCCCC1)N(CCc1ccccc1)Cc1ccccc1. The molecule has 0 radical (unpaired) electrons. The number of hydrogen-bond donors (Lipinski definition) is 0. The molecule has 0 saturated heterocycles. The van der Waals surface area contributed by atoms with Crippen molar-refractivity contribution in [2.75, 3.05) is 13.1 Å². The first-order chi connectivity index (χ1) is 18.0. The van der Waals surface area contributed by atoms with Crippen molar-refractivity contribution in [3.05, 3.63) is 106 Å². The Hall–Kier alpha value is -2.82. The molecule has 4 rings (SSSR count). The minimum atomic E-state index is -0.125. The topological polar surface area (TPSA) is 40.6 Å². The Bertz CT molecular complexity index is 1160. The second kappa shape index (κ2) is 13.6. The van der Waals surface area contributed by atoms with Gasteiger partial charge in [0.25, 0.3) is 5.91 Å². The molecular weight excluding hydrogens is 503 g/mol. The van der Waals surface area contributed by atoms with Crippen LogP contribution in [-0.4, -0.2) is 40.7 Å². The zero-order valence-corrected chi connectivity index (χ0v) is 22.6. The smallest absolute Gasteiger partial charge is 0.255 e. The molecule has 0 heterocycles. The van der Waals surface area contributed by atoms with E-state index in [9.17, 15) is 9.59 Å². The fourth-order valence-corrected chi connectivity index (χ4v) is 5.53. The van der Waals surface area contributed by atoms with E-state index in [-0.39, 0.29) is 24.3 Å². The van der Waals surface area contributed by atoms with Gasteiger partial charge in [0, 0.05) is 37.1 Å². The first kappa shape index (κ1) is 27.2. The number of rotatable bonds is 10. The van der Waals surface area contributed by atoms with Crippen molar-refractivity contribution in [3.63, 3.8) is 0 Å². The van der Waals surface area contributed by atoms with E-state index in [0.29, 0.717) is 35.2 Å². The second-order valence-corrected chi connectivity index (χ2v) is 10.5. The molecule has 1 aliphatic rings. The molecule has 1 aliphatic carbocycles. The van der Waals surface area contributed by atoms with E-state index in [2.05, 4.69) is 12.1 Å². The van der Waals surface area contributed by atoms with E-state index >= 15 is 0 Å². The summed E-state index contributed by atoms with van der Waals surface area (Å²) in [6, 6.07) is 25.4. The summed E-state index contributed by atoms with van der Waals surface area (Å²) in [5, 5.41) is 0.842. The fraction of sp³-hybridized carbons (Fsp3) is 0.355. The van der Waals surface area contributed by atoms with Gasteiger partial charge in [-0.2, -0.15) is 0 Å². The zero-order chi connectivity index (χ0) is 26.0. The van der Waals surface area contributed by atoms with Gasteiger partial charge in [-0.1, -0.05) is 103 Å². The summed E-state index contributed by atoms with van der Waals surface area (Å²) in [5.74, 6) is -0.0733. The Morgan fingerprint density at radius 1 is 0.784 bits per heavy atom. The minimum absolute atomic E-state index is 0.0515. The molecule has 0 aliphatic heterocycles. The number of amides is 2. The summed E-state index contributed by atoms with van der Waals surface area (Å²) in [6.07, 6.45) is 6.32. The molecule has 0 spiro atoms. The monoisotopic (exact) mass is 536 g/mol. The van der Waals surface area contributed by atoms with Gasteiger partial charge in [0.15, 0.2) is 0 Å². The Morgan fingerprint density at radius 3 is 2.08 bits per heavy atom. The van der Waals surface area contributed by atoms with Gasteiger partial charge >= 0.3 is 0 Å². The van der Waals surface area contributed by atoms with Crippen molar-refractivity contribution in [2.24, 2.45) is 0 Å². The van der Waals surface area contributed by atoms with Crippen LogP contribution in [0.1, 0.15) is 60.0 Å². The Balaban J connectivity index is 1.49. The maximum Gasteiger partial charge on any atom is 0.255 e. The van der Waals surface area contributed by atoms with Gasteiger partial charge in [0.2, 0.25) is 5.91 Å². The summed E-state index contributed by atoms with van der Waals surface area (Å²) >= 11 is 12.5. The molecule has 0 bridgehead atoms. The van der Waals surface area contributed by atoms with Crippen LogP contribution in [0.2, 0.25) is 10.0 Å². The van der Waals surface area contributed by atoms with Crippen molar-refractivity contribution < 1.29 is 9.59 Å². The molecule has 0 N–H and O–H groups in total. The normalized spacial score (nSPS) is 13.8. The molecule has 2 amide bonds. The standard InChI is InChI=1S/C31H34Cl2N2O2/c32-26-16-17-28(29(33)22-26)31(37)35(27-14-8-3-9-15-27)21-19-30(36)34(23-25-12-6-2-7-13-25)20-18-24-10-4-1-5-11-24/h1-2,4-7,10-13,16-17,22,27H,3,8-9,14-15,18-21,23H2. The van der Waals surface area contributed by atoms with Crippen LogP contribution in [0.4, 0.5) is 0 Å². The van der Waals surface area contributed by atoms with E-state index < -0.39 is 0 Å². The highest BCUT2D eigenvalue weighted by Gasteiger charge is 2.28. The lowest BCUT2D eigenvalue weighted by Gasteiger charge is -2.35. The number of nitrogens with zero attached hydrogens (tertiary/aromatic N) is 2. The lowest BCUT2D eigenvalue weighted by Crippen LogP contribution is -2.44. The highest BCUT2D eigenvalue weighted by molar-refractivity contribution is 6.36. The van der Waals surface area contributed by atoms with Gasteiger partial charge in [0.05, 0.1) is 10.6 Å². The van der Waals surface area contributed by atoms with Crippen LogP contribution in [0.25, 0.3) is 0 Å². The van der Waals surface area contributed by atoms with Crippen LogP contribution in [0.3, 0.4) is 0 Å². The van der Waals surface area contributed by atoms with E-state index in [4.69, 9.17) is 23.2 Å². The summed E-state index contributed by atoms with van der Waals surface area (Å²) in [4.78, 5) is 31.0. The first-order valence-electron chi connectivity index (χ1n) is 13.1. The number of carbonyl (C=O) groups excluding carboxylic acids is 2. The van der Waals surface area contributed by atoms with Crippen molar-refractivity contribution >= 4 is 35.0 Å². The molecule has 1 fully saturated rings. The van der Waals surface area contributed by atoms with E-state index in [1.54, 1.807) is 18.2 Å². The Kier molecular flexibility index (Phi) is 10.0. The zero-order valence-electron chi connectivity index (χ0n) is 21.1. The van der Waals surface area contributed by atoms with Crippen LogP contribution in [0.15, 0.2) is 78.9 Å². The number of benzene rings is 3. The summed E-state index contributed by atoms with van der Waals surface area (Å²) in [6.45, 7) is 1.54. The summed E-state index contributed by atoms with van der Waals surface area (Å²) in [5.41, 5.74) is 2.73. The highest BCUT2D eigenvalue weighted by Crippen LogP contribution is 2.28. The number of hydrogen-bond acceptors (Lipinski definition) is 2. The average Bonchev–Trinajstić information content (AvgIpc) is 2.92. The molecule has 0 atom stereocenters. The highest BCUT2D eigenvalue weighted by atomic mass is 35.5. The van der Waals surface area contributed by atoms with Crippen LogP contribution >= 0.6 is 23.2 Å². The van der Waals surface area contributed by atoms with Gasteiger partial charge in [-0.05, 0) is 48.6 Å². The van der Waals surface area contributed by atoms with Crippen molar-refractivity contribution in [3.8, 4) is 0 Å². The third kappa shape index (κ3) is 7.83. The third-order valence-corrected chi connectivity index (χ3v) is 7.63. The molecule has 6 heteroatoms. The summed E-state index contributed by atoms with van der Waals surface area (Å²) in [7, 11) is 0. The molecule has 0 aromatic heterocycles. The average molecular weight is 538 g/mol. The number of halogens is 2. The van der Waals surface area contributed by atoms with E-state index in [1.165, 1.54) is 12.0 Å². The van der Waals surface area contributed by atoms with Gasteiger partial charge in [-0.15, -0.1) is 0 Å². The quantitative estimate of drug-likeness (QED) is 0.270. The number of carbonyl (C=O) groups is 2. The maximum atomic E-state index is 13.6. The first-order valence-corrected chi connectivity index (χ1v) is 13.9. The molecule has 0 unspecified atom stereocenters. The maximum absolute atomic E-state index is 13.6. The van der Waals surface area contributed by atoms with Crippen LogP contribution in [-0.2, 0) is 17.8 Å². The van der Waals surface area contributed by atoms with E-state index in [0.717, 1.165) is 37.7 Å². The van der Waals surface area contributed by atoms with Gasteiger partial charge in [-0.25, -0.2) is 0 Å². The van der Waals surface area contributed by atoms with Crippen molar-refractivity contribution in [1.29, 1.82) is 0 Å². The fourth-order valence-electron chi connectivity index (χ4n) is 5.04. The van der Waals surface area contributed by atoms with Crippen molar-refractivity contribution in [1.82, 2.24) is 9.80 Å². The van der Waals surface area contributed by atoms with Gasteiger partial charge in [0.1, 0.15) is 0 Å². The van der Waals surface area contributed by atoms with Crippen LogP contribution in [0.5, 0.6) is 0 Å². The minimum Gasteiger partial charge on any atom is -0.338 e. The Labute approximate surface area is 230 Å². The van der Waals surface area contributed by atoms with Crippen LogP contribution in [0, 0.1) is 0 Å². The van der Waals surface area contributed by atoms with Crippen molar-refractivity contribution in [2.45, 2.75) is 57.5 Å².